The Morgan fingerprint density at radius 1 is 1.05 bits per heavy atom. The van der Waals surface area contributed by atoms with Crippen LogP contribution in [0.2, 0.25) is 0 Å². The lowest BCUT2D eigenvalue weighted by Gasteiger charge is -2.07. The first-order valence-electron chi connectivity index (χ1n) is 6.74. The molecule has 0 heterocycles. The number of sulfone groups is 1. The third-order valence-corrected chi connectivity index (χ3v) is 5.07. The number of nitrogens with one attached hydrogen (secondary N) is 1. The molecule has 0 saturated carbocycles. The lowest BCUT2D eigenvalue weighted by molar-refractivity contribution is -0.115. The molecule has 0 radical (unpaired) electrons. The van der Waals surface area contributed by atoms with Gasteiger partial charge in [0.2, 0.25) is 5.91 Å². The third-order valence-electron chi connectivity index (χ3n) is 2.98. The first-order valence-corrected chi connectivity index (χ1v) is 9.36. The van der Waals surface area contributed by atoms with Gasteiger partial charge >= 0.3 is 0 Å². The Hall–Kier alpha value is -1.66. The molecule has 2 rings (SSSR count). The summed E-state index contributed by atoms with van der Waals surface area (Å²) in [6, 6.07) is 16.1. The minimum Gasteiger partial charge on any atom is -0.326 e. The standard InChI is InChI=1S/C16H16BrNO3S/c17-14-7-4-8-15(11-14)18-16(19)9-10-22(20,21)12-13-5-2-1-3-6-13/h1-8,11H,9-10,12H2,(H,18,19). The number of rotatable bonds is 6. The first kappa shape index (κ1) is 16.7. The van der Waals surface area contributed by atoms with Crippen molar-refractivity contribution in [3.8, 4) is 0 Å². The smallest absolute Gasteiger partial charge is 0.225 e. The molecule has 0 aliphatic rings. The zero-order valence-corrected chi connectivity index (χ0v) is 14.2. The van der Waals surface area contributed by atoms with Gasteiger partial charge in [0.15, 0.2) is 9.84 Å². The molecule has 6 heteroatoms. The van der Waals surface area contributed by atoms with Crippen LogP contribution in [0.5, 0.6) is 0 Å². The van der Waals surface area contributed by atoms with Gasteiger partial charge in [0.25, 0.3) is 0 Å². The Morgan fingerprint density at radius 3 is 2.45 bits per heavy atom. The quantitative estimate of drug-likeness (QED) is 0.833. The number of hydrogen-bond acceptors (Lipinski definition) is 3. The van der Waals surface area contributed by atoms with Gasteiger partial charge in [-0.15, -0.1) is 0 Å². The molecular weight excluding hydrogens is 366 g/mol. The van der Waals surface area contributed by atoms with Gasteiger partial charge in [-0.05, 0) is 23.8 Å². The average molecular weight is 382 g/mol. The van der Waals surface area contributed by atoms with Gasteiger partial charge in [-0.1, -0.05) is 52.3 Å². The van der Waals surface area contributed by atoms with Crippen LogP contribution in [0, 0.1) is 0 Å². The molecule has 2 aromatic carbocycles. The Labute approximate surface area is 138 Å². The van der Waals surface area contributed by atoms with Crippen LogP contribution in [0.4, 0.5) is 5.69 Å². The number of hydrogen-bond donors (Lipinski definition) is 1. The monoisotopic (exact) mass is 381 g/mol. The highest BCUT2D eigenvalue weighted by atomic mass is 79.9. The van der Waals surface area contributed by atoms with Crippen molar-refractivity contribution in [2.24, 2.45) is 0 Å². The third kappa shape index (κ3) is 5.61. The largest absolute Gasteiger partial charge is 0.326 e. The van der Waals surface area contributed by atoms with E-state index in [1.54, 1.807) is 42.5 Å². The van der Waals surface area contributed by atoms with Crippen LogP contribution in [0.3, 0.4) is 0 Å². The molecular formula is C16H16BrNO3S. The molecule has 0 aliphatic carbocycles. The van der Waals surface area contributed by atoms with Crippen molar-refractivity contribution in [1.82, 2.24) is 0 Å². The lowest BCUT2D eigenvalue weighted by Crippen LogP contribution is -2.18. The lowest BCUT2D eigenvalue weighted by atomic mass is 10.2. The Balaban J connectivity index is 1.87. The van der Waals surface area contributed by atoms with E-state index in [0.717, 1.165) is 10.0 Å². The summed E-state index contributed by atoms with van der Waals surface area (Å²) in [5, 5.41) is 2.69. The topological polar surface area (TPSA) is 63.2 Å². The molecule has 0 spiro atoms. The maximum atomic E-state index is 12.0. The van der Waals surface area contributed by atoms with E-state index in [-0.39, 0.29) is 23.8 Å². The van der Waals surface area contributed by atoms with Gasteiger partial charge in [-0.3, -0.25) is 4.79 Å². The molecule has 0 fully saturated rings. The van der Waals surface area contributed by atoms with E-state index >= 15 is 0 Å². The zero-order chi connectivity index (χ0) is 16.0. The van der Waals surface area contributed by atoms with Crippen molar-refractivity contribution in [3.63, 3.8) is 0 Å². The van der Waals surface area contributed by atoms with E-state index in [1.807, 2.05) is 12.1 Å². The fraction of sp³-hybridized carbons (Fsp3) is 0.188. The van der Waals surface area contributed by atoms with Crippen LogP contribution >= 0.6 is 15.9 Å². The van der Waals surface area contributed by atoms with Gasteiger partial charge in [0.05, 0.1) is 11.5 Å². The first-order chi connectivity index (χ1) is 10.4. The van der Waals surface area contributed by atoms with E-state index in [0.29, 0.717) is 5.69 Å². The molecule has 0 bridgehead atoms. The summed E-state index contributed by atoms with van der Waals surface area (Å²) in [6.07, 6.45) is -0.0539. The maximum Gasteiger partial charge on any atom is 0.225 e. The Bertz CT molecular complexity index is 745. The van der Waals surface area contributed by atoms with Crippen molar-refractivity contribution in [2.75, 3.05) is 11.1 Å². The predicted octanol–water partition coefficient (Wildman–Crippen LogP) is 3.39. The van der Waals surface area contributed by atoms with Crippen molar-refractivity contribution in [1.29, 1.82) is 0 Å². The van der Waals surface area contributed by atoms with Gasteiger partial charge in [-0.25, -0.2) is 8.42 Å². The molecule has 1 N–H and O–H groups in total. The van der Waals surface area contributed by atoms with Gasteiger partial charge in [-0.2, -0.15) is 0 Å². The highest BCUT2D eigenvalue weighted by molar-refractivity contribution is 9.10. The second-order valence-electron chi connectivity index (χ2n) is 4.89. The molecule has 4 nitrogen and oxygen atoms in total. The van der Waals surface area contributed by atoms with Crippen molar-refractivity contribution < 1.29 is 13.2 Å². The summed E-state index contributed by atoms with van der Waals surface area (Å²) < 4.78 is 24.9. The van der Waals surface area contributed by atoms with Gasteiger partial charge in [0.1, 0.15) is 0 Å². The molecule has 0 aliphatic heterocycles. The number of carbonyl (C=O) groups excluding carboxylic acids is 1. The van der Waals surface area contributed by atoms with Crippen LogP contribution < -0.4 is 5.32 Å². The fourth-order valence-corrected chi connectivity index (χ4v) is 3.68. The normalized spacial score (nSPS) is 11.1. The Morgan fingerprint density at radius 2 is 1.77 bits per heavy atom. The van der Waals surface area contributed by atoms with Crippen molar-refractivity contribution >= 4 is 37.4 Å². The van der Waals surface area contributed by atoms with Crippen LogP contribution in [-0.4, -0.2) is 20.1 Å². The summed E-state index contributed by atoms with van der Waals surface area (Å²) in [5.41, 5.74) is 1.37. The minimum atomic E-state index is -3.30. The SMILES string of the molecule is O=C(CCS(=O)(=O)Cc1ccccc1)Nc1cccc(Br)c1. The van der Waals surface area contributed by atoms with Crippen molar-refractivity contribution in [2.45, 2.75) is 12.2 Å². The fourth-order valence-electron chi connectivity index (χ4n) is 1.94. The average Bonchev–Trinajstić information content (AvgIpc) is 2.46. The zero-order valence-electron chi connectivity index (χ0n) is 11.8. The predicted molar refractivity (Wildman–Crippen MR) is 91.3 cm³/mol. The molecule has 0 saturated heterocycles. The summed E-state index contributed by atoms with van der Waals surface area (Å²) in [6.45, 7) is 0. The summed E-state index contributed by atoms with van der Waals surface area (Å²) in [4.78, 5) is 11.8. The van der Waals surface area contributed by atoms with Crippen LogP contribution in [0.1, 0.15) is 12.0 Å². The minimum absolute atomic E-state index is 0.0436. The number of amides is 1. The Kier molecular flexibility index (Phi) is 5.74. The summed E-state index contributed by atoms with van der Waals surface area (Å²) in [7, 11) is -3.30. The summed E-state index contributed by atoms with van der Waals surface area (Å²) >= 11 is 3.31. The second kappa shape index (κ2) is 7.56. The van der Waals surface area contributed by atoms with Crippen LogP contribution in [0.15, 0.2) is 59.1 Å². The summed E-state index contributed by atoms with van der Waals surface area (Å²) in [5.74, 6) is -0.519. The molecule has 22 heavy (non-hydrogen) atoms. The molecule has 0 aromatic heterocycles. The van der Waals surface area contributed by atoms with E-state index in [4.69, 9.17) is 0 Å². The highest BCUT2D eigenvalue weighted by Crippen LogP contribution is 2.16. The highest BCUT2D eigenvalue weighted by Gasteiger charge is 2.14. The van der Waals surface area contributed by atoms with E-state index in [2.05, 4.69) is 21.2 Å². The number of halogens is 1. The molecule has 2 aromatic rings. The van der Waals surface area contributed by atoms with Gasteiger partial charge < -0.3 is 5.32 Å². The molecule has 116 valence electrons. The van der Waals surface area contributed by atoms with Gasteiger partial charge in [0, 0.05) is 16.6 Å². The van der Waals surface area contributed by atoms with Crippen LogP contribution in [0.25, 0.3) is 0 Å². The number of carbonyl (C=O) groups is 1. The number of benzene rings is 2. The van der Waals surface area contributed by atoms with E-state index in [9.17, 15) is 13.2 Å². The van der Waals surface area contributed by atoms with Crippen LogP contribution in [-0.2, 0) is 20.4 Å². The molecule has 0 unspecified atom stereocenters. The van der Waals surface area contributed by atoms with E-state index < -0.39 is 9.84 Å². The van der Waals surface area contributed by atoms with E-state index in [1.165, 1.54) is 0 Å². The molecule has 1 amide bonds. The maximum absolute atomic E-state index is 12.0. The molecule has 0 atom stereocenters. The van der Waals surface area contributed by atoms with Crippen molar-refractivity contribution in [3.05, 3.63) is 64.6 Å². The second-order valence-corrected chi connectivity index (χ2v) is 7.99. The number of anilines is 1.